The van der Waals surface area contributed by atoms with Crippen molar-refractivity contribution < 1.29 is 19.1 Å². The van der Waals surface area contributed by atoms with Crippen LogP contribution in [0.4, 0.5) is 0 Å². The summed E-state index contributed by atoms with van der Waals surface area (Å²) < 4.78 is 10.5. The van der Waals surface area contributed by atoms with Gasteiger partial charge in [0, 0.05) is 17.5 Å². The molecule has 0 aromatic heterocycles. The molecule has 1 unspecified atom stereocenters. The number of carbonyl (C=O) groups excluding carboxylic acids is 2. The number of rotatable bonds is 5. The summed E-state index contributed by atoms with van der Waals surface area (Å²) in [4.78, 5) is 23.4. The van der Waals surface area contributed by atoms with Crippen LogP contribution in [0.3, 0.4) is 0 Å². The minimum Gasteiger partial charge on any atom is -0.469 e. The molecule has 5 heteroatoms. The number of ether oxygens (including phenoxy) is 2. The summed E-state index contributed by atoms with van der Waals surface area (Å²) in [5.74, 6) is -0.111. The Hall–Kier alpha value is -1.36. The Balaban J connectivity index is 3.25. The van der Waals surface area contributed by atoms with Gasteiger partial charge in [0.15, 0.2) is 0 Å². The molecule has 1 rings (SSSR count). The fraction of sp³-hybridized carbons (Fsp3) is 0.619. The highest BCUT2D eigenvalue weighted by Gasteiger charge is 2.30. The van der Waals surface area contributed by atoms with Crippen LogP contribution < -0.4 is 4.74 Å². The lowest BCUT2D eigenvalue weighted by molar-refractivity contribution is -0.140. The van der Waals surface area contributed by atoms with Crippen LogP contribution in [-0.4, -0.2) is 23.9 Å². The standard InChI is InChI=1S/C21H31BrO4/c1-13-11-14(20(2,3)4)18(15(12-13)21(5,6)7)26-19(24)16(22)9-10-17(23)25-8/h11-12,16H,9-10H2,1-8H3. The molecule has 0 saturated carbocycles. The molecule has 0 aliphatic rings. The SMILES string of the molecule is COC(=O)CCC(Br)C(=O)Oc1c(C(C)(C)C)cc(C)cc1C(C)(C)C. The van der Waals surface area contributed by atoms with Gasteiger partial charge >= 0.3 is 11.9 Å². The molecule has 1 aromatic carbocycles. The van der Waals surface area contributed by atoms with E-state index >= 15 is 0 Å². The first kappa shape index (κ1) is 22.7. The van der Waals surface area contributed by atoms with E-state index in [1.54, 1.807) is 0 Å². The van der Waals surface area contributed by atoms with Crippen LogP contribution in [0.25, 0.3) is 0 Å². The minimum atomic E-state index is -0.566. The predicted octanol–water partition coefficient (Wildman–Crippen LogP) is 5.21. The summed E-state index contributed by atoms with van der Waals surface area (Å²) in [5.41, 5.74) is 2.80. The van der Waals surface area contributed by atoms with E-state index in [0.29, 0.717) is 12.2 Å². The van der Waals surface area contributed by atoms with E-state index in [4.69, 9.17) is 4.74 Å². The smallest absolute Gasteiger partial charge is 0.325 e. The second-order valence-corrected chi connectivity index (χ2v) is 9.80. The molecule has 26 heavy (non-hydrogen) atoms. The molecule has 0 spiro atoms. The maximum absolute atomic E-state index is 12.6. The van der Waals surface area contributed by atoms with Crippen molar-refractivity contribution in [2.45, 2.75) is 77.0 Å². The van der Waals surface area contributed by atoms with Crippen molar-refractivity contribution in [2.75, 3.05) is 7.11 Å². The molecule has 0 aliphatic heterocycles. The Morgan fingerprint density at radius 3 is 1.88 bits per heavy atom. The largest absolute Gasteiger partial charge is 0.469 e. The monoisotopic (exact) mass is 426 g/mol. The Morgan fingerprint density at radius 2 is 1.50 bits per heavy atom. The highest BCUT2D eigenvalue weighted by Crippen LogP contribution is 2.41. The van der Waals surface area contributed by atoms with Gasteiger partial charge in [0.25, 0.3) is 0 Å². The van der Waals surface area contributed by atoms with E-state index in [9.17, 15) is 9.59 Å². The van der Waals surface area contributed by atoms with E-state index in [1.165, 1.54) is 7.11 Å². The maximum atomic E-state index is 12.6. The zero-order valence-electron chi connectivity index (χ0n) is 17.2. The summed E-state index contributed by atoms with van der Waals surface area (Å²) >= 11 is 3.34. The van der Waals surface area contributed by atoms with Crippen LogP contribution in [0.2, 0.25) is 0 Å². The lowest BCUT2D eigenvalue weighted by atomic mass is 9.78. The first-order chi connectivity index (χ1) is 11.8. The number of aryl methyl sites for hydroxylation is 1. The summed E-state index contributed by atoms with van der Waals surface area (Å²) in [7, 11) is 1.33. The van der Waals surface area contributed by atoms with Gasteiger partial charge in [0.2, 0.25) is 0 Å². The van der Waals surface area contributed by atoms with Crippen LogP contribution in [0.5, 0.6) is 5.75 Å². The van der Waals surface area contributed by atoms with Gasteiger partial charge in [-0.3, -0.25) is 9.59 Å². The molecule has 0 bridgehead atoms. The Bertz CT molecular complexity index is 631. The van der Waals surface area contributed by atoms with Crippen molar-refractivity contribution in [2.24, 2.45) is 0 Å². The second-order valence-electron chi connectivity index (χ2n) is 8.69. The number of hydrogen-bond acceptors (Lipinski definition) is 4. The molecule has 0 saturated heterocycles. The third kappa shape index (κ3) is 6.11. The third-order valence-electron chi connectivity index (χ3n) is 4.14. The molecule has 0 heterocycles. The molecule has 0 fully saturated rings. The molecule has 1 aromatic rings. The average Bonchev–Trinajstić information content (AvgIpc) is 2.51. The number of alkyl halides is 1. The summed E-state index contributed by atoms with van der Waals surface area (Å²) in [6.07, 6.45) is 0.487. The lowest BCUT2D eigenvalue weighted by Gasteiger charge is -2.30. The van der Waals surface area contributed by atoms with Crippen molar-refractivity contribution in [3.8, 4) is 5.75 Å². The van der Waals surface area contributed by atoms with Crippen LogP contribution in [0, 0.1) is 6.92 Å². The van der Waals surface area contributed by atoms with Gasteiger partial charge in [-0.1, -0.05) is 75.2 Å². The highest BCUT2D eigenvalue weighted by atomic mass is 79.9. The van der Waals surface area contributed by atoms with Crippen molar-refractivity contribution in [1.29, 1.82) is 0 Å². The molecule has 0 amide bonds. The van der Waals surface area contributed by atoms with Crippen molar-refractivity contribution >= 4 is 27.9 Å². The molecule has 146 valence electrons. The number of hydrogen-bond donors (Lipinski definition) is 0. The van der Waals surface area contributed by atoms with Crippen LogP contribution >= 0.6 is 15.9 Å². The lowest BCUT2D eigenvalue weighted by Crippen LogP contribution is -2.26. The molecule has 0 radical (unpaired) electrons. The van der Waals surface area contributed by atoms with E-state index in [1.807, 2.05) is 0 Å². The zero-order chi connectivity index (χ0) is 20.3. The van der Waals surface area contributed by atoms with E-state index in [-0.39, 0.29) is 23.2 Å². The van der Waals surface area contributed by atoms with E-state index in [0.717, 1.165) is 16.7 Å². The maximum Gasteiger partial charge on any atom is 0.325 e. The number of halogens is 1. The zero-order valence-corrected chi connectivity index (χ0v) is 18.7. The molecular weight excluding hydrogens is 396 g/mol. The summed E-state index contributed by atoms with van der Waals surface area (Å²) in [5, 5.41) is 0. The molecule has 4 nitrogen and oxygen atoms in total. The number of benzene rings is 1. The number of esters is 2. The number of methoxy groups -OCH3 is 1. The van der Waals surface area contributed by atoms with E-state index < -0.39 is 10.8 Å². The summed E-state index contributed by atoms with van der Waals surface area (Å²) in [6, 6.07) is 4.16. The second kappa shape index (κ2) is 8.55. The fourth-order valence-corrected chi connectivity index (χ4v) is 2.95. The topological polar surface area (TPSA) is 52.6 Å². The Morgan fingerprint density at radius 1 is 1.04 bits per heavy atom. The van der Waals surface area contributed by atoms with Gasteiger partial charge in [-0.2, -0.15) is 0 Å². The first-order valence-corrected chi connectivity index (χ1v) is 9.77. The number of carbonyl (C=O) groups is 2. The van der Waals surface area contributed by atoms with Gasteiger partial charge < -0.3 is 9.47 Å². The molecular formula is C21H31BrO4. The first-order valence-electron chi connectivity index (χ1n) is 8.85. The molecule has 0 aliphatic carbocycles. The third-order valence-corrected chi connectivity index (χ3v) is 4.97. The van der Waals surface area contributed by atoms with Crippen molar-refractivity contribution in [3.63, 3.8) is 0 Å². The van der Waals surface area contributed by atoms with E-state index in [2.05, 4.69) is 81.3 Å². The van der Waals surface area contributed by atoms with Crippen LogP contribution in [0.1, 0.15) is 71.1 Å². The Labute approximate surface area is 165 Å². The normalized spacial score (nSPS) is 13.3. The van der Waals surface area contributed by atoms with Crippen molar-refractivity contribution in [3.05, 3.63) is 28.8 Å². The Kier molecular flexibility index (Phi) is 7.46. The minimum absolute atomic E-state index is 0.160. The summed E-state index contributed by atoms with van der Waals surface area (Å²) in [6.45, 7) is 14.7. The van der Waals surface area contributed by atoms with Crippen LogP contribution in [-0.2, 0) is 25.2 Å². The highest BCUT2D eigenvalue weighted by molar-refractivity contribution is 9.10. The quantitative estimate of drug-likeness (QED) is 0.368. The fourth-order valence-electron chi connectivity index (χ4n) is 2.63. The molecule has 0 N–H and O–H groups in total. The van der Waals surface area contributed by atoms with Gasteiger partial charge in [0.1, 0.15) is 10.6 Å². The van der Waals surface area contributed by atoms with Gasteiger partial charge in [0.05, 0.1) is 7.11 Å². The van der Waals surface area contributed by atoms with Crippen molar-refractivity contribution in [1.82, 2.24) is 0 Å². The average molecular weight is 427 g/mol. The van der Waals surface area contributed by atoms with Gasteiger partial charge in [-0.15, -0.1) is 0 Å². The molecule has 1 atom stereocenters. The van der Waals surface area contributed by atoms with Gasteiger partial charge in [-0.25, -0.2) is 0 Å². The van der Waals surface area contributed by atoms with Gasteiger partial charge in [-0.05, 0) is 24.2 Å². The predicted molar refractivity (Wildman–Crippen MR) is 108 cm³/mol. The van der Waals surface area contributed by atoms with Crippen LogP contribution in [0.15, 0.2) is 12.1 Å².